The van der Waals surface area contributed by atoms with Crippen molar-refractivity contribution < 1.29 is 0 Å². The molecule has 1 aromatic carbocycles. The molecule has 0 amide bonds. The Morgan fingerprint density at radius 2 is 2.20 bits per heavy atom. The van der Waals surface area contributed by atoms with E-state index in [0.29, 0.717) is 0 Å². The Morgan fingerprint density at radius 1 is 1.40 bits per heavy atom. The van der Waals surface area contributed by atoms with Gasteiger partial charge in [0.05, 0.1) is 11.4 Å². The number of hydrogen-bond acceptors (Lipinski definition) is 2. The third-order valence-corrected chi connectivity index (χ3v) is 2.37. The van der Waals surface area contributed by atoms with E-state index < -0.39 is 0 Å². The standard InChI is InChI=1S/C12H13N3/c1-8-4-5-9-10(6-8)15-11(7-13-2)12(9)14-3/h4-7,15H,3H2,1-2H3/b13-7-. The molecule has 0 saturated heterocycles. The fourth-order valence-electron chi connectivity index (χ4n) is 1.71. The Balaban J connectivity index is 2.78. The van der Waals surface area contributed by atoms with Crippen molar-refractivity contribution in [1.29, 1.82) is 0 Å². The molecule has 2 rings (SSSR count). The lowest BCUT2D eigenvalue weighted by atomic mass is 10.1. The summed E-state index contributed by atoms with van der Waals surface area (Å²) < 4.78 is 0. The molecule has 0 fully saturated rings. The quantitative estimate of drug-likeness (QED) is 0.722. The summed E-state index contributed by atoms with van der Waals surface area (Å²) in [6.45, 7) is 5.65. The molecule has 3 nitrogen and oxygen atoms in total. The zero-order chi connectivity index (χ0) is 10.8. The number of benzene rings is 1. The SMILES string of the molecule is C=Nc1c(/C=N\C)[nH]c2cc(C)ccc12. The Morgan fingerprint density at radius 3 is 2.87 bits per heavy atom. The third-order valence-electron chi connectivity index (χ3n) is 2.37. The van der Waals surface area contributed by atoms with Gasteiger partial charge in [0.25, 0.3) is 0 Å². The van der Waals surface area contributed by atoms with Crippen molar-refractivity contribution in [2.24, 2.45) is 9.98 Å². The molecule has 3 heteroatoms. The molecule has 0 bridgehead atoms. The molecule has 0 spiro atoms. The average molecular weight is 199 g/mol. The van der Waals surface area contributed by atoms with Crippen LogP contribution in [0.1, 0.15) is 11.3 Å². The molecule has 76 valence electrons. The van der Waals surface area contributed by atoms with E-state index in [-0.39, 0.29) is 0 Å². The first-order chi connectivity index (χ1) is 7.26. The van der Waals surface area contributed by atoms with Crippen molar-refractivity contribution in [3.8, 4) is 0 Å². The minimum Gasteiger partial charge on any atom is -0.352 e. The Hall–Kier alpha value is -1.90. The summed E-state index contributed by atoms with van der Waals surface area (Å²) >= 11 is 0. The maximum Gasteiger partial charge on any atom is 0.0966 e. The highest BCUT2D eigenvalue weighted by Gasteiger charge is 2.07. The van der Waals surface area contributed by atoms with E-state index in [4.69, 9.17) is 0 Å². The van der Waals surface area contributed by atoms with E-state index in [1.165, 1.54) is 5.56 Å². The number of H-pyrrole nitrogens is 1. The predicted octanol–water partition coefficient (Wildman–Crippen LogP) is 2.86. The molecular weight excluding hydrogens is 186 g/mol. The number of aromatic amines is 1. The van der Waals surface area contributed by atoms with Crippen LogP contribution >= 0.6 is 0 Å². The molecule has 2 aromatic rings. The fraction of sp³-hybridized carbons (Fsp3) is 0.167. The molecule has 1 heterocycles. The minimum atomic E-state index is 0.871. The van der Waals surface area contributed by atoms with Gasteiger partial charge in [0.2, 0.25) is 0 Å². The number of aryl methyl sites for hydroxylation is 1. The summed E-state index contributed by atoms with van der Waals surface area (Å²) in [5, 5.41) is 1.09. The van der Waals surface area contributed by atoms with Crippen LogP contribution in [0.15, 0.2) is 28.2 Å². The molecule has 0 aliphatic heterocycles. The summed E-state index contributed by atoms with van der Waals surface area (Å²) in [4.78, 5) is 11.3. The van der Waals surface area contributed by atoms with Gasteiger partial charge in [-0.25, -0.2) is 0 Å². The smallest absolute Gasteiger partial charge is 0.0966 e. The lowest BCUT2D eigenvalue weighted by molar-refractivity contribution is 1.38. The summed E-state index contributed by atoms with van der Waals surface area (Å²) in [6.07, 6.45) is 1.76. The lowest BCUT2D eigenvalue weighted by Gasteiger charge is -1.93. The molecule has 0 unspecified atom stereocenters. The normalized spacial score (nSPS) is 11.3. The van der Waals surface area contributed by atoms with Gasteiger partial charge in [-0.05, 0) is 25.3 Å². The van der Waals surface area contributed by atoms with Crippen molar-refractivity contribution in [2.75, 3.05) is 7.05 Å². The summed E-state index contributed by atoms with van der Waals surface area (Å²) in [6, 6.07) is 6.22. The number of hydrogen-bond donors (Lipinski definition) is 1. The van der Waals surface area contributed by atoms with Crippen LogP contribution in [0.2, 0.25) is 0 Å². The number of aromatic nitrogens is 1. The highest BCUT2D eigenvalue weighted by Crippen LogP contribution is 2.29. The number of nitrogens with one attached hydrogen (secondary N) is 1. The maximum absolute atomic E-state index is 4.03. The molecule has 1 N–H and O–H groups in total. The largest absolute Gasteiger partial charge is 0.352 e. The minimum absolute atomic E-state index is 0.871. The van der Waals surface area contributed by atoms with Crippen LogP contribution < -0.4 is 0 Å². The highest BCUT2D eigenvalue weighted by atomic mass is 14.8. The molecule has 0 aliphatic carbocycles. The highest BCUT2D eigenvalue weighted by molar-refractivity contribution is 6.02. The summed E-state index contributed by atoms with van der Waals surface area (Å²) in [5.74, 6) is 0. The van der Waals surface area contributed by atoms with Crippen molar-refractivity contribution in [3.63, 3.8) is 0 Å². The zero-order valence-electron chi connectivity index (χ0n) is 8.91. The monoisotopic (exact) mass is 199 g/mol. The zero-order valence-corrected chi connectivity index (χ0v) is 8.91. The lowest BCUT2D eigenvalue weighted by Crippen LogP contribution is -1.79. The van der Waals surface area contributed by atoms with Gasteiger partial charge in [-0.2, -0.15) is 0 Å². The second-order valence-corrected chi connectivity index (χ2v) is 3.48. The Kier molecular flexibility index (Phi) is 2.37. The van der Waals surface area contributed by atoms with Gasteiger partial charge >= 0.3 is 0 Å². The molecule has 1 aromatic heterocycles. The van der Waals surface area contributed by atoms with Crippen LogP contribution in [-0.4, -0.2) is 25.0 Å². The fourth-order valence-corrected chi connectivity index (χ4v) is 1.71. The second kappa shape index (κ2) is 3.69. The Bertz CT molecular complexity index is 535. The first kappa shape index (κ1) is 9.65. The van der Waals surface area contributed by atoms with E-state index in [1.807, 2.05) is 0 Å². The van der Waals surface area contributed by atoms with Crippen LogP contribution in [0.25, 0.3) is 10.9 Å². The van der Waals surface area contributed by atoms with Crippen LogP contribution in [0.3, 0.4) is 0 Å². The first-order valence-corrected chi connectivity index (χ1v) is 4.77. The van der Waals surface area contributed by atoms with E-state index in [0.717, 1.165) is 22.3 Å². The van der Waals surface area contributed by atoms with Crippen LogP contribution in [-0.2, 0) is 0 Å². The van der Waals surface area contributed by atoms with Crippen molar-refractivity contribution in [3.05, 3.63) is 29.5 Å². The molecule has 0 aliphatic rings. The second-order valence-electron chi connectivity index (χ2n) is 3.48. The van der Waals surface area contributed by atoms with E-state index in [9.17, 15) is 0 Å². The molecular formula is C12H13N3. The number of rotatable bonds is 2. The molecule has 0 atom stereocenters. The van der Waals surface area contributed by atoms with E-state index >= 15 is 0 Å². The van der Waals surface area contributed by atoms with Gasteiger partial charge in [-0.3, -0.25) is 9.98 Å². The van der Waals surface area contributed by atoms with Crippen molar-refractivity contribution in [1.82, 2.24) is 4.98 Å². The summed E-state index contributed by atoms with van der Waals surface area (Å²) in [5.41, 5.74) is 4.08. The van der Waals surface area contributed by atoms with Gasteiger partial charge in [0, 0.05) is 24.2 Å². The Labute approximate surface area is 88.6 Å². The topological polar surface area (TPSA) is 40.5 Å². The van der Waals surface area contributed by atoms with E-state index in [2.05, 4.69) is 46.8 Å². The van der Waals surface area contributed by atoms with Gasteiger partial charge in [-0.1, -0.05) is 12.1 Å². The van der Waals surface area contributed by atoms with E-state index in [1.54, 1.807) is 13.3 Å². The van der Waals surface area contributed by atoms with Gasteiger partial charge in [-0.15, -0.1) is 0 Å². The van der Waals surface area contributed by atoms with Gasteiger partial charge in [0.15, 0.2) is 0 Å². The van der Waals surface area contributed by atoms with Crippen LogP contribution in [0.5, 0.6) is 0 Å². The van der Waals surface area contributed by atoms with Gasteiger partial charge in [0.1, 0.15) is 0 Å². The number of nitrogens with zero attached hydrogens (tertiary/aromatic N) is 2. The molecule has 15 heavy (non-hydrogen) atoms. The number of fused-ring (bicyclic) bond motifs is 1. The summed E-state index contributed by atoms with van der Waals surface area (Å²) in [7, 11) is 1.74. The van der Waals surface area contributed by atoms with Crippen molar-refractivity contribution in [2.45, 2.75) is 6.92 Å². The van der Waals surface area contributed by atoms with Crippen LogP contribution in [0, 0.1) is 6.92 Å². The first-order valence-electron chi connectivity index (χ1n) is 4.77. The van der Waals surface area contributed by atoms with Crippen LogP contribution in [0.4, 0.5) is 5.69 Å². The van der Waals surface area contributed by atoms with Crippen molar-refractivity contribution >= 4 is 29.5 Å². The molecule has 0 saturated carbocycles. The predicted molar refractivity (Wildman–Crippen MR) is 65.8 cm³/mol. The van der Waals surface area contributed by atoms with Gasteiger partial charge < -0.3 is 4.98 Å². The average Bonchev–Trinajstić information content (AvgIpc) is 2.54. The third kappa shape index (κ3) is 1.56. The molecule has 0 radical (unpaired) electrons. The number of aliphatic imine (C=N–C) groups is 2. The maximum atomic E-state index is 4.03.